The molecule has 4 aromatic carbocycles. The highest BCUT2D eigenvalue weighted by Crippen LogP contribution is 2.39. The Morgan fingerprint density at radius 2 is 1.47 bits per heavy atom. The van der Waals surface area contributed by atoms with E-state index in [1.54, 1.807) is 37.3 Å². The van der Waals surface area contributed by atoms with Crippen LogP contribution in [0, 0.1) is 0 Å². The fourth-order valence-corrected chi connectivity index (χ4v) is 11.1. The topological polar surface area (TPSA) is 69.6 Å². The Morgan fingerprint density at radius 1 is 0.837 bits per heavy atom. The van der Waals surface area contributed by atoms with Crippen LogP contribution in [0.3, 0.4) is 0 Å². The molecule has 5 rings (SSSR count). The van der Waals surface area contributed by atoms with Crippen molar-refractivity contribution in [3.63, 3.8) is 0 Å². The predicted molar refractivity (Wildman–Crippen MR) is 201 cm³/mol. The molecule has 0 fully saturated rings. The van der Waals surface area contributed by atoms with E-state index in [1.165, 1.54) is 16.4 Å². The van der Waals surface area contributed by atoms with Crippen molar-refractivity contribution in [3.05, 3.63) is 154 Å². The Morgan fingerprint density at radius 3 is 2.06 bits per heavy atom. The molecular formula is C40H40Cl2N2O4Si. The van der Waals surface area contributed by atoms with E-state index in [4.69, 9.17) is 32.4 Å². The van der Waals surface area contributed by atoms with Crippen LogP contribution in [-0.2, 0) is 27.1 Å². The lowest BCUT2D eigenvalue weighted by Gasteiger charge is -2.43. The summed E-state index contributed by atoms with van der Waals surface area (Å²) < 4.78 is 14.1. The summed E-state index contributed by atoms with van der Waals surface area (Å²) >= 11 is 14.0. The molecule has 0 bridgehead atoms. The van der Waals surface area contributed by atoms with Crippen molar-refractivity contribution in [1.29, 1.82) is 0 Å². The van der Waals surface area contributed by atoms with E-state index >= 15 is 0 Å². The molecule has 252 valence electrons. The average Bonchev–Trinajstić information content (AvgIpc) is 3.57. The van der Waals surface area contributed by atoms with Gasteiger partial charge in [-0.1, -0.05) is 117 Å². The van der Waals surface area contributed by atoms with Crippen molar-refractivity contribution < 1.29 is 18.8 Å². The molecule has 0 saturated heterocycles. The number of rotatable bonds is 12. The number of amides is 1. The average molecular weight is 712 g/mol. The van der Waals surface area contributed by atoms with Crippen molar-refractivity contribution in [1.82, 2.24) is 9.88 Å². The van der Waals surface area contributed by atoms with Gasteiger partial charge in [0.1, 0.15) is 0 Å². The number of carbonyl (C=O) groups is 2. The molecule has 0 aliphatic carbocycles. The summed E-state index contributed by atoms with van der Waals surface area (Å²) in [6.07, 6.45) is 5.06. The van der Waals surface area contributed by atoms with Crippen molar-refractivity contribution in [2.45, 2.75) is 45.9 Å². The van der Waals surface area contributed by atoms with E-state index in [0.29, 0.717) is 27.8 Å². The molecule has 6 nitrogen and oxygen atoms in total. The highest BCUT2D eigenvalue weighted by molar-refractivity contribution is 6.99. The summed E-state index contributed by atoms with van der Waals surface area (Å²) in [6.45, 7) is 9.26. The number of nitrogens with zero attached hydrogens (tertiary/aromatic N) is 1. The minimum Gasteiger partial charge on any atom is -0.462 e. The van der Waals surface area contributed by atoms with Crippen molar-refractivity contribution >= 4 is 59.8 Å². The molecule has 1 amide bonds. The summed E-state index contributed by atoms with van der Waals surface area (Å²) in [5.41, 5.74) is 3.52. The highest BCUT2D eigenvalue weighted by Gasteiger charge is 2.50. The van der Waals surface area contributed by atoms with Crippen LogP contribution < -0.4 is 15.7 Å². The van der Waals surface area contributed by atoms with E-state index in [0.717, 1.165) is 16.9 Å². The Kier molecular flexibility index (Phi) is 11.6. The molecule has 0 saturated carbocycles. The summed E-state index contributed by atoms with van der Waals surface area (Å²) in [4.78, 5) is 24.6. The third-order valence-electron chi connectivity index (χ3n) is 8.40. The van der Waals surface area contributed by atoms with Crippen LogP contribution in [0.15, 0.2) is 121 Å². The van der Waals surface area contributed by atoms with E-state index in [-0.39, 0.29) is 30.1 Å². The second kappa shape index (κ2) is 15.9. The zero-order chi connectivity index (χ0) is 35.0. The van der Waals surface area contributed by atoms with Gasteiger partial charge in [0.05, 0.1) is 36.0 Å². The fourth-order valence-electron chi connectivity index (χ4n) is 5.99. The molecule has 0 spiro atoms. The molecule has 49 heavy (non-hydrogen) atoms. The number of aromatic nitrogens is 1. The Bertz CT molecular complexity index is 1880. The lowest BCUT2D eigenvalue weighted by atomic mass is 10.1. The van der Waals surface area contributed by atoms with Crippen LogP contribution in [0.2, 0.25) is 15.1 Å². The first-order valence-corrected chi connectivity index (χ1v) is 18.8. The van der Waals surface area contributed by atoms with Crippen molar-refractivity contribution in [2.75, 3.05) is 6.61 Å². The van der Waals surface area contributed by atoms with Crippen LogP contribution in [0.4, 0.5) is 0 Å². The molecule has 0 atom stereocenters. The molecule has 1 heterocycles. The van der Waals surface area contributed by atoms with Crippen LogP contribution in [0.25, 0.3) is 11.8 Å². The van der Waals surface area contributed by atoms with Gasteiger partial charge in [-0.15, -0.1) is 0 Å². The van der Waals surface area contributed by atoms with Gasteiger partial charge in [0.2, 0.25) is 5.91 Å². The highest BCUT2D eigenvalue weighted by atomic mass is 35.5. The number of nitrogens with one attached hydrogen (secondary N) is 1. The Hall–Kier alpha value is -4.40. The standard InChI is InChI=1S/C40H40Cl2N2O4Si/c1-5-47-39(46)30-21-18-29(19-22-30)20-25-37(45)43-27-31-13-12-26-44(31)36-24-23-35(41)34(38(36)42)28-48-49(40(2,3)4,32-14-8-6-9-15-32)33-16-10-7-11-17-33/h6-26H,5,27-28H2,1-4H3,(H,43,45). The summed E-state index contributed by atoms with van der Waals surface area (Å²) in [7, 11) is -2.84. The third-order valence-corrected chi connectivity index (χ3v) is 14.2. The number of carbonyl (C=O) groups excluding carboxylic acids is 2. The first kappa shape index (κ1) is 35.9. The number of halogens is 2. The Balaban J connectivity index is 1.35. The lowest BCUT2D eigenvalue weighted by molar-refractivity contribution is -0.116. The molecule has 0 unspecified atom stereocenters. The first-order chi connectivity index (χ1) is 23.5. The van der Waals surface area contributed by atoms with Gasteiger partial charge in [-0.3, -0.25) is 4.79 Å². The molecule has 5 aromatic rings. The van der Waals surface area contributed by atoms with Crippen molar-refractivity contribution in [2.24, 2.45) is 0 Å². The van der Waals surface area contributed by atoms with Crippen LogP contribution in [0.5, 0.6) is 0 Å². The van der Waals surface area contributed by atoms with Crippen LogP contribution in [0.1, 0.15) is 54.9 Å². The van der Waals surface area contributed by atoms with Gasteiger partial charge in [-0.05, 0) is 70.4 Å². The van der Waals surface area contributed by atoms with Gasteiger partial charge in [0.25, 0.3) is 8.32 Å². The van der Waals surface area contributed by atoms with Gasteiger partial charge in [-0.2, -0.15) is 0 Å². The lowest BCUT2D eigenvalue weighted by Crippen LogP contribution is -2.66. The number of benzene rings is 4. The van der Waals surface area contributed by atoms with Gasteiger partial charge >= 0.3 is 5.97 Å². The van der Waals surface area contributed by atoms with Gasteiger partial charge in [0, 0.05) is 28.6 Å². The van der Waals surface area contributed by atoms with E-state index in [1.807, 2.05) is 47.2 Å². The quantitative estimate of drug-likeness (QED) is 0.0803. The maximum atomic E-state index is 12.7. The zero-order valence-electron chi connectivity index (χ0n) is 28.1. The normalized spacial score (nSPS) is 11.9. The molecule has 1 aromatic heterocycles. The summed E-state index contributed by atoms with van der Waals surface area (Å²) in [6, 6.07) is 35.3. The zero-order valence-corrected chi connectivity index (χ0v) is 30.6. The molecular weight excluding hydrogens is 671 g/mol. The number of hydrogen-bond acceptors (Lipinski definition) is 4. The number of ether oxygens (including phenoxy) is 1. The smallest absolute Gasteiger partial charge is 0.338 e. The maximum Gasteiger partial charge on any atom is 0.338 e. The molecule has 0 aliphatic rings. The Labute approximate surface area is 299 Å². The minimum absolute atomic E-state index is 0.210. The largest absolute Gasteiger partial charge is 0.462 e. The molecule has 1 N–H and O–H groups in total. The second-order valence-electron chi connectivity index (χ2n) is 12.6. The van der Waals surface area contributed by atoms with Crippen molar-refractivity contribution in [3.8, 4) is 5.69 Å². The second-order valence-corrected chi connectivity index (χ2v) is 17.7. The van der Waals surface area contributed by atoms with Crippen LogP contribution in [-0.4, -0.2) is 31.4 Å². The van der Waals surface area contributed by atoms with Gasteiger partial charge in [-0.25, -0.2) is 4.79 Å². The molecule has 9 heteroatoms. The maximum absolute atomic E-state index is 12.7. The monoisotopic (exact) mass is 710 g/mol. The molecule has 0 radical (unpaired) electrons. The first-order valence-electron chi connectivity index (χ1n) is 16.2. The van der Waals surface area contributed by atoms with E-state index in [9.17, 15) is 9.59 Å². The third kappa shape index (κ3) is 8.08. The fraction of sp³-hybridized carbons (Fsp3) is 0.200. The SMILES string of the molecule is CCOC(=O)c1ccc(C=CC(=O)NCc2cccn2-c2ccc(Cl)c(CO[Si](c3ccccc3)(c3ccccc3)C(C)(C)C)c2Cl)cc1. The van der Waals surface area contributed by atoms with Gasteiger partial charge < -0.3 is 19.0 Å². The van der Waals surface area contributed by atoms with Crippen LogP contribution >= 0.6 is 23.2 Å². The summed E-state index contributed by atoms with van der Waals surface area (Å²) in [5, 5.41) is 6.08. The predicted octanol–water partition coefficient (Wildman–Crippen LogP) is 8.37. The van der Waals surface area contributed by atoms with Gasteiger partial charge in [0.15, 0.2) is 0 Å². The number of esters is 1. The molecule has 0 aliphatic heterocycles. The van der Waals surface area contributed by atoms with E-state index < -0.39 is 8.32 Å². The van der Waals surface area contributed by atoms with E-state index in [2.05, 4.69) is 74.6 Å². The summed E-state index contributed by atoms with van der Waals surface area (Å²) in [5.74, 6) is -0.637. The minimum atomic E-state index is -2.84. The number of hydrogen-bond donors (Lipinski definition) is 1.